The highest BCUT2D eigenvalue weighted by atomic mass is 35.5. The average molecular weight is 360 g/mol. The van der Waals surface area contributed by atoms with Crippen LogP contribution < -0.4 is 5.73 Å². The first kappa shape index (κ1) is 17.0. The number of hydrogen-bond donors (Lipinski definition) is 2. The Bertz CT molecular complexity index is 668. The summed E-state index contributed by atoms with van der Waals surface area (Å²) in [7, 11) is 0. The zero-order valence-electron chi connectivity index (χ0n) is 12.0. The number of primary amides is 1. The summed E-state index contributed by atoms with van der Waals surface area (Å²) in [6, 6.07) is 5.31. The van der Waals surface area contributed by atoms with Crippen molar-refractivity contribution >= 4 is 41.1 Å². The maximum absolute atomic E-state index is 10.7. The molecule has 5 nitrogen and oxygen atoms in total. The van der Waals surface area contributed by atoms with E-state index in [1.54, 1.807) is 6.07 Å². The van der Waals surface area contributed by atoms with Crippen LogP contribution in [0.3, 0.4) is 0 Å². The fourth-order valence-electron chi connectivity index (χ4n) is 1.80. The van der Waals surface area contributed by atoms with E-state index in [2.05, 4.69) is 9.97 Å². The van der Waals surface area contributed by atoms with E-state index in [1.165, 1.54) is 11.8 Å². The molecule has 0 aliphatic carbocycles. The SMILES string of the molecule is CC(C)c1[nH]c(COC(N)=O)nc1Sc1cc(Cl)cc(Cl)c1. The van der Waals surface area contributed by atoms with E-state index in [0.717, 1.165) is 15.6 Å². The Labute approximate surface area is 142 Å². The molecule has 8 heteroatoms. The number of nitrogens with two attached hydrogens (primary N) is 1. The van der Waals surface area contributed by atoms with E-state index in [9.17, 15) is 4.79 Å². The number of imidazole rings is 1. The predicted molar refractivity (Wildman–Crippen MR) is 87.6 cm³/mol. The summed E-state index contributed by atoms with van der Waals surface area (Å²) in [5, 5.41) is 1.92. The lowest BCUT2D eigenvalue weighted by Crippen LogP contribution is -2.13. The molecule has 2 rings (SSSR count). The van der Waals surface area contributed by atoms with Gasteiger partial charge in [-0.3, -0.25) is 0 Å². The molecule has 1 aromatic carbocycles. The van der Waals surface area contributed by atoms with E-state index >= 15 is 0 Å². The van der Waals surface area contributed by atoms with Gasteiger partial charge in [0.2, 0.25) is 0 Å². The summed E-state index contributed by atoms with van der Waals surface area (Å²) in [6.45, 7) is 4.09. The number of ether oxygens (including phenoxy) is 1. The number of carbonyl (C=O) groups is 1. The van der Waals surface area contributed by atoms with E-state index in [-0.39, 0.29) is 12.5 Å². The van der Waals surface area contributed by atoms with Crippen LogP contribution in [0.2, 0.25) is 10.0 Å². The topological polar surface area (TPSA) is 81.0 Å². The van der Waals surface area contributed by atoms with Gasteiger partial charge >= 0.3 is 6.09 Å². The molecular weight excluding hydrogens is 345 g/mol. The molecule has 0 fully saturated rings. The van der Waals surface area contributed by atoms with Crippen molar-refractivity contribution in [3.05, 3.63) is 39.8 Å². The van der Waals surface area contributed by atoms with Gasteiger partial charge in [-0.15, -0.1) is 0 Å². The molecule has 0 spiro atoms. The quantitative estimate of drug-likeness (QED) is 0.817. The Morgan fingerprint density at radius 1 is 1.36 bits per heavy atom. The number of carbonyl (C=O) groups excluding carboxylic acids is 1. The smallest absolute Gasteiger partial charge is 0.404 e. The van der Waals surface area contributed by atoms with Crippen LogP contribution in [0.25, 0.3) is 0 Å². The molecular formula is C14H15Cl2N3O2S. The molecule has 0 aliphatic rings. The lowest BCUT2D eigenvalue weighted by Gasteiger charge is -2.06. The predicted octanol–water partition coefficient (Wildman–Crippen LogP) is 4.59. The van der Waals surface area contributed by atoms with Crippen molar-refractivity contribution < 1.29 is 9.53 Å². The number of aromatic nitrogens is 2. The summed E-state index contributed by atoms with van der Waals surface area (Å²) >= 11 is 13.5. The lowest BCUT2D eigenvalue weighted by atomic mass is 10.2. The molecule has 22 heavy (non-hydrogen) atoms. The van der Waals surface area contributed by atoms with Crippen molar-refractivity contribution in [1.82, 2.24) is 9.97 Å². The molecule has 3 N–H and O–H groups in total. The maximum atomic E-state index is 10.7. The Morgan fingerprint density at radius 2 is 2.00 bits per heavy atom. The first-order chi connectivity index (χ1) is 10.3. The summed E-state index contributed by atoms with van der Waals surface area (Å²) in [5.74, 6) is 0.769. The van der Waals surface area contributed by atoms with E-state index in [1.807, 2.05) is 26.0 Å². The van der Waals surface area contributed by atoms with Gasteiger partial charge in [-0.2, -0.15) is 0 Å². The zero-order chi connectivity index (χ0) is 16.3. The molecule has 0 aliphatic heterocycles. The van der Waals surface area contributed by atoms with Gasteiger partial charge in [0.15, 0.2) is 6.61 Å². The second-order valence-electron chi connectivity index (χ2n) is 4.87. The summed E-state index contributed by atoms with van der Waals surface area (Å²) in [6.07, 6.45) is -0.835. The van der Waals surface area contributed by atoms with Crippen molar-refractivity contribution in [3.8, 4) is 0 Å². The number of rotatable bonds is 5. The van der Waals surface area contributed by atoms with Crippen molar-refractivity contribution in [2.24, 2.45) is 5.73 Å². The van der Waals surface area contributed by atoms with Crippen LogP contribution in [0.5, 0.6) is 0 Å². The number of halogens is 2. The first-order valence-electron chi connectivity index (χ1n) is 6.50. The van der Waals surface area contributed by atoms with Crippen LogP contribution in [-0.4, -0.2) is 16.1 Å². The summed E-state index contributed by atoms with van der Waals surface area (Å²) in [5.41, 5.74) is 5.91. The van der Waals surface area contributed by atoms with Crippen LogP contribution in [0.4, 0.5) is 4.79 Å². The van der Waals surface area contributed by atoms with Gasteiger partial charge < -0.3 is 15.5 Å². The van der Waals surface area contributed by atoms with Crippen molar-refractivity contribution in [2.45, 2.75) is 36.3 Å². The number of aromatic amines is 1. The van der Waals surface area contributed by atoms with Crippen molar-refractivity contribution in [2.75, 3.05) is 0 Å². The molecule has 1 aromatic heterocycles. The van der Waals surface area contributed by atoms with E-state index in [0.29, 0.717) is 15.9 Å². The minimum atomic E-state index is -0.835. The maximum Gasteiger partial charge on any atom is 0.404 e. The van der Waals surface area contributed by atoms with Crippen LogP contribution in [0.1, 0.15) is 31.3 Å². The van der Waals surface area contributed by atoms with Gasteiger partial charge in [-0.05, 0) is 24.1 Å². The number of H-pyrrole nitrogens is 1. The van der Waals surface area contributed by atoms with Crippen LogP contribution in [0.15, 0.2) is 28.1 Å². The number of amides is 1. The standard InChI is InChI=1S/C14H15Cl2N3O2S/c1-7(2)12-13(19-11(18-12)6-21-14(17)20)22-10-4-8(15)3-9(16)5-10/h3-5,7H,6H2,1-2H3,(H2,17,20)(H,18,19). The highest BCUT2D eigenvalue weighted by Gasteiger charge is 2.16. The minimum absolute atomic E-state index is 0.00587. The fraction of sp³-hybridized carbons (Fsp3) is 0.286. The highest BCUT2D eigenvalue weighted by molar-refractivity contribution is 7.99. The molecule has 0 radical (unpaired) electrons. The largest absolute Gasteiger partial charge is 0.442 e. The average Bonchev–Trinajstić information content (AvgIpc) is 2.78. The Hall–Kier alpha value is -1.37. The minimum Gasteiger partial charge on any atom is -0.442 e. The fourth-order valence-corrected chi connectivity index (χ4v) is 3.60. The zero-order valence-corrected chi connectivity index (χ0v) is 14.4. The number of nitrogens with one attached hydrogen (secondary N) is 1. The summed E-state index contributed by atoms with van der Waals surface area (Å²) < 4.78 is 4.76. The van der Waals surface area contributed by atoms with E-state index in [4.69, 9.17) is 33.7 Å². The normalized spacial score (nSPS) is 11.0. The second-order valence-corrected chi connectivity index (χ2v) is 6.81. The molecule has 118 valence electrons. The van der Waals surface area contributed by atoms with Gasteiger partial charge in [0.1, 0.15) is 10.9 Å². The lowest BCUT2D eigenvalue weighted by molar-refractivity contribution is 0.147. The van der Waals surface area contributed by atoms with Crippen LogP contribution >= 0.6 is 35.0 Å². The molecule has 2 aromatic rings. The third-order valence-electron chi connectivity index (χ3n) is 2.72. The molecule has 0 bridgehead atoms. The van der Waals surface area contributed by atoms with Gasteiger partial charge in [0.05, 0.1) is 5.69 Å². The highest BCUT2D eigenvalue weighted by Crippen LogP contribution is 2.35. The van der Waals surface area contributed by atoms with Crippen molar-refractivity contribution in [1.29, 1.82) is 0 Å². The molecule has 0 atom stereocenters. The number of benzene rings is 1. The van der Waals surface area contributed by atoms with Gasteiger partial charge in [-0.1, -0.05) is 48.8 Å². The Morgan fingerprint density at radius 3 is 2.55 bits per heavy atom. The second kappa shape index (κ2) is 7.26. The first-order valence-corrected chi connectivity index (χ1v) is 8.07. The van der Waals surface area contributed by atoms with Crippen LogP contribution in [-0.2, 0) is 11.3 Å². The number of nitrogens with zero attached hydrogens (tertiary/aromatic N) is 1. The van der Waals surface area contributed by atoms with Gasteiger partial charge in [-0.25, -0.2) is 9.78 Å². The Balaban J connectivity index is 2.26. The third kappa shape index (κ3) is 4.56. The van der Waals surface area contributed by atoms with Crippen molar-refractivity contribution in [3.63, 3.8) is 0 Å². The molecule has 1 amide bonds. The Kier molecular flexibility index (Phi) is 5.61. The molecule has 0 unspecified atom stereocenters. The molecule has 1 heterocycles. The van der Waals surface area contributed by atoms with E-state index < -0.39 is 6.09 Å². The monoisotopic (exact) mass is 359 g/mol. The third-order valence-corrected chi connectivity index (χ3v) is 4.14. The number of hydrogen-bond acceptors (Lipinski definition) is 4. The molecule has 0 saturated heterocycles. The molecule has 0 saturated carbocycles. The van der Waals surface area contributed by atoms with Gasteiger partial charge in [0, 0.05) is 14.9 Å². The van der Waals surface area contributed by atoms with Crippen LogP contribution in [0, 0.1) is 0 Å². The summed E-state index contributed by atoms with van der Waals surface area (Å²) in [4.78, 5) is 19.2. The van der Waals surface area contributed by atoms with Gasteiger partial charge in [0.25, 0.3) is 0 Å².